The molecule has 1 atom stereocenters. The molecule has 2 aromatic carbocycles. The van der Waals surface area contributed by atoms with Crippen molar-refractivity contribution in [2.75, 3.05) is 5.75 Å². The predicted octanol–water partition coefficient (Wildman–Crippen LogP) is 6.23. The van der Waals surface area contributed by atoms with Crippen LogP contribution in [0.2, 0.25) is 10.0 Å². The smallest absolute Gasteiger partial charge is 0.243 e. The van der Waals surface area contributed by atoms with Gasteiger partial charge < -0.3 is 10.2 Å². The Labute approximate surface area is 209 Å². The summed E-state index contributed by atoms with van der Waals surface area (Å²) in [5.41, 5.74) is 1.16. The van der Waals surface area contributed by atoms with Crippen LogP contribution in [-0.4, -0.2) is 34.6 Å². The molecule has 0 saturated heterocycles. The van der Waals surface area contributed by atoms with E-state index in [1.807, 2.05) is 6.92 Å². The van der Waals surface area contributed by atoms with E-state index >= 15 is 0 Å². The minimum atomic E-state index is -0.639. The maximum absolute atomic E-state index is 13.9. The normalized spacial score (nSPS) is 14.8. The Kier molecular flexibility index (Phi) is 9.90. The van der Waals surface area contributed by atoms with Gasteiger partial charge in [-0.15, -0.1) is 11.8 Å². The molecule has 8 heteroatoms. The van der Waals surface area contributed by atoms with Crippen molar-refractivity contribution in [1.82, 2.24) is 10.2 Å². The number of nitrogens with zero attached hydrogens (tertiary/aromatic N) is 1. The first-order chi connectivity index (χ1) is 15.9. The maximum atomic E-state index is 13.9. The van der Waals surface area contributed by atoms with E-state index in [-0.39, 0.29) is 36.0 Å². The summed E-state index contributed by atoms with van der Waals surface area (Å²) in [7, 11) is 0. The summed E-state index contributed by atoms with van der Waals surface area (Å²) in [5.74, 6) is -0.173. The molecular formula is C25H29Cl2FN2O2S. The van der Waals surface area contributed by atoms with Gasteiger partial charge in [0.05, 0.1) is 5.75 Å². The Morgan fingerprint density at radius 2 is 1.79 bits per heavy atom. The number of halogens is 3. The standard InChI is InChI=1S/C25H29Cl2FN2O2S/c1-2-23(25(32)29-18-9-4-5-10-18)30(14-19-20(26)11-7-12-21(19)27)24(31)16-33-15-17-8-3-6-13-22(17)28/h3,6-8,11-13,18,23H,2,4-5,9-10,14-16H2,1H3,(H,29,32)/t23-/m1/s1. The van der Waals surface area contributed by atoms with Crippen molar-refractivity contribution >= 4 is 46.8 Å². The Hall–Kier alpha value is -1.76. The lowest BCUT2D eigenvalue weighted by atomic mass is 10.1. The molecular weight excluding hydrogens is 482 g/mol. The lowest BCUT2D eigenvalue weighted by molar-refractivity contribution is -0.139. The molecule has 0 heterocycles. The first-order valence-electron chi connectivity index (χ1n) is 11.2. The van der Waals surface area contributed by atoms with Gasteiger partial charge in [0.25, 0.3) is 0 Å². The lowest BCUT2D eigenvalue weighted by Gasteiger charge is -2.32. The summed E-state index contributed by atoms with van der Waals surface area (Å²) in [6.45, 7) is 2.02. The van der Waals surface area contributed by atoms with Crippen molar-refractivity contribution in [3.8, 4) is 0 Å². The van der Waals surface area contributed by atoms with E-state index in [1.165, 1.54) is 17.8 Å². The highest BCUT2D eigenvalue weighted by atomic mass is 35.5. The second kappa shape index (κ2) is 12.6. The van der Waals surface area contributed by atoms with Crippen LogP contribution in [0.5, 0.6) is 0 Å². The molecule has 2 aromatic rings. The number of hydrogen-bond donors (Lipinski definition) is 1. The lowest BCUT2D eigenvalue weighted by Crippen LogP contribution is -2.51. The molecule has 1 N–H and O–H groups in total. The van der Waals surface area contributed by atoms with E-state index in [0.717, 1.165) is 25.7 Å². The summed E-state index contributed by atoms with van der Waals surface area (Å²) in [4.78, 5) is 28.0. The van der Waals surface area contributed by atoms with Crippen molar-refractivity contribution in [3.05, 3.63) is 69.5 Å². The number of carbonyl (C=O) groups excluding carboxylic acids is 2. The summed E-state index contributed by atoms with van der Waals surface area (Å²) in [6.07, 6.45) is 4.60. The average molecular weight is 511 g/mol. The minimum Gasteiger partial charge on any atom is -0.352 e. The highest BCUT2D eigenvalue weighted by Gasteiger charge is 2.31. The quantitative estimate of drug-likeness (QED) is 0.411. The zero-order valence-corrected chi connectivity index (χ0v) is 21.0. The maximum Gasteiger partial charge on any atom is 0.243 e. The van der Waals surface area contributed by atoms with Crippen LogP contribution in [0.1, 0.15) is 50.2 Å². The molecule has 0 spiro atoms. The third-order valence-corrected chi connectivity index (χ3v) is 7.59. The summed E-state index contributed by atoms with van der Waals surface area (Å²) in [6, 6.07) is 11.2. The van der Waals surface area contributed by atoms with Crippen LogP contribution in [0, 0.1) is 5.82 Å². The molecule has 0 unspecified atom stereocenters. The van der Waals surface area contributed by atoms with E-state index < -0.39 is 6.04 Å². The van der Waals surface area contributed by atoms with Gasteiger partial charge in [0.1, 0.15) is 11.9 Å². The molecule has 0 bridgehead atoms. The van der Waals surface area contributed by atoms with Gasteiger partial charge in [0.2, 0.25) is 11.8 Å². The first-order valence-corrected chi connectivity index (χ1v) is 13.2. The van der Waals surface area contributed by atoms with Gasteiger partial charge in [-0.25, -0.2) is 4.39 Å². The molecule has 1 aliphatic rings. The molecule has 0 aromatic heterocycles. The monoisotopic (exact) mass is 510 g/mol. The SMILES string of the molecule is CC[C@H](C(=O)NC1CCCC1)N(Cc1c(Cl)cccc1Cl)C(=O)CSCc1ccccc1F. The van der Waals surface area contributed by atoms with Crippen molar-refractivity contribution in [3.63, 3.8) is 0 Å². The van der Waals surface area contributed by atoms with E-state index in [4.69, 9.17) is 23.2 Å². The number of hydrogen-bond acceptors (Lipinski definition) is 3. The number of carbonyl (C=O) groups is 2. The van der Waals surface area contributed by atoms with Crippen LogP contribution in [0.15, 0.2) is 42.5 Å². The molecule has 1 saturated carbocycles. The molecule has 1 aliphatic carbocycles. The number of rotatable bonds is 10. The van der Waals surface area contributed by atoms with Crippen LogP contribution in [0.4, 0.5) is 4.39 Å². The van der Waals surface area contributed by atoms with Gasteiger partial charge in [-0.1, -0.05) is 67.2 Å². The molecule has 33 heavy (non-hydrogen) atoms. The van der Waals surface area contributed by atoms with Crippen LogP contribution >= 0.6 is 35.0 Å². The van der Waals surface area contributed by atoms with Gasteiger partial charge in [0, 0.05) is 33.9 Å². The second-order valence-corrected chi connectivity index (χ2v) is 10.0. The van der Waals surface area contributed by atoms with Crippen LogP contribution in [-0.2, 0) is 21.9 Å². The molecule has 4 nitrogen and oxygen atoms in total. The van der Waals surface area contributed by atoms with Crippen molar-refractivity contribution in [2.45, 2.75) is 63.4 Å². The van der Waals surface area contributed by atoms with E-state index in [1.54, 1.807) is 41.3 Å². The first kappa shape index (κ1) is 25.9. The largest absolute Gasteiger partial charge is 0.352 e. The number of thioether (sulfide) groups is 1. The Morgan fingerprint density at radius 3 is 2.42 bits per heavy atom. The zero-order chi connectivity index (χ0) is 23.8. The van der Waals surface area contributed by atoms with Crippen molar-refractivity contribution in [1.29, 1.82) is 0 Å². The molecule has 178 valence electrons. The molecule has 0 aliphatic heterocycles. The van der Waals surface area contributed by atoms with Gasteiger partial charge in [-0.3, -0.25) is 9.59 Å². The van der Waals surface area contributed by atoms with E-state index in [9.17, 15) is 14.0 Å². The zero-order valence-electron chi connectivity index (χ0n) is 18.7. The van der Waals surface area contributed by atoms with Crippen molar-refractivity contribution < 1.29 is 14.0 Å². The van der Waals surface area contributed by atoms with Gasteiger partial charge in [0.15, 0.2) is 0 Å². The fraction of sp³-hybridized carbons (Fsp3) is 0.440. The molecule has 0 radical (unpaired) electrons. The highest BCUT2D eigenvalue weighted by molar-refractivity contribution is 7.99. The molecule has 1 fully saturated rings. The minimum absolute atomic E-state index is 0.115. The highest BCUT2D eigenvalue weighted by Crippen LogP contribution is 2.28. The predicted molar refractivity (Wildman–Crippen MR) is 134 cm³/mol. The number of amides is 2. The average Bonchev–Trinajstić information content (AvgIpc) is 3.29. The number of benzene rings is 2. The Balaban J connectivity index is 1.76. The second-order valence-electron chi connectivity index (χ2n) is 8.22. The summed E-state index contributed by atoms with van der Waals surface area (Å²) < 4.78 is 13.9. The third-order valence-electron chi connectivity index (χ3n) is 5.92. The van der Waals surface area contributed by atoms with Crippen LogP contribution < -0.4 is 5.32 Å². The van der Waals surface area contributed by atoms with Crippen LogP contribution in [0.25, 0.3) is 0 Å². The topological polar surface area (TPSA) is 49.4 Å². The van der Waals surface area contributed by atoms with Gasteiger partial charge in [-0.2, -0.15) is 0 Å². The Bertz CT molecular complexity index is 949. The fourth-order valence-electron chi connectivity index (χ4n) is 4.09. The molecule has 2 amide bonds. The summed E-state index contributed by atoms with van der Waals surface area (Å²) in [5, 5.41) is 4.01. The number of nitrogens with one attached hydrogen (secondary N) is 1. The van der Waals surface area contributed by atoms with Crippen molar-refractivity contribution in [2.24, 2.45) is 0 Å². The Morgan fingerprint density at radius 1 is 1.12 bits per heavy atom. The van der Waals surface area contributed by atoms with E-state index in [2.05, 4.69) is 5.32 Å². The molecule has 3 rings (SSSR count). The van der Waals surface area contributed by atoms with Crippen LogP contribution in [0.3, 0.4) is 0 Å². The third kappa shape index (κ3) is 7.11. The summed E-state index contributed by atoms with van der Waals surface area (Å²) >= 11 is 14.1. The fourth-order valence-corrected chi connectivity index (χ4v) is 5.50. The van der Waals surface area contributed by atoms with E-state index in [0.29, 0.717) is 33.3 Å². The van der Waals surface area contributed by atoms with Gasteiger partial charge in [-0.05, 0) is 43.0 Å². The van der Waals surface area contributed by atoms with Gasteiger partial charge >= 0.3 is 0 Å².